The molecule has 1 unspecified atom stereocenters. The van der Waals surface area contributed by atoms with Crippen LogP contribution in [0.4, 0.5) is 11.4 Å². The summed E-state index contributed by atoms with van der Waals surface area (Å²) >= 11 is 0. The van der Waals surface area contributed by atoms with Gasteiger partial charge in [-0.25, -0.2) is 0 Å². The van der Waals surface area contributed by atoms with Crippen LogP contribution < -0.4 is 19.7 Å². The molecule has 6 heteroatoms. The summed E-state index contributed by atoms with van der Waals surface area (Å²) in [6.07, 6.45) is -0.506. The molecule has 144 valence electrons. The summed E-state index contributed by atoms with van der Waals surface area (Å²) in [4.78, 5) is 15.2. The molecular weight excluding hydrogens is 366 g/mol. The number of nitrogens with one attached hydrogen (secondary N) is 1. The van der Waals surface area contributed by atoms with Gasteiger partial charge >= 0.3 is 0 Å². The van der Waals surface area contributed by atoms with Gasteiger partial charge in [0.2, 0.25) is 0 Å². The molecule has 0 aliphatic carbocycles. The number of nitrogens with zero attached hydrogens (tertiary/aromatic N) is 2. The summed E-state index contributed by atoms with van der Waals surface area (Å²) in [6.45, 7) is 0. The van der Waals surface area contributed by atoms with Gasteiger partial charge in [0.05, 0.1) is 37.1 Å². The lowest BCUT2D eigenvalue weighted by Crippen LogP contribution is -2.43. The van der Waals surface area contributed by atoms with E-state index in [1.807, 2.05) is 30.3 Å². The van der Waals surface area contributed by atoms with E-state index in [2.05, 4.69) is 11.4 Å². The Morgan fingerprint density at radius 1 is 1.00 bits per heavy atom. The number of nitriles is 1. The first kappa shape index (κ1) is 18.4. The quantitative estimate of drug-likeness (QED) is 0.723. The maximum absolute atomic E-state index is 13.5. The molecular formula is C23H19N3O3. The zero-order valence-electron chi connectivity index (χ0n) is 16.0. The van der Waals surface area contributed by atoms with Crippen LogP contribution in [0, 0.1) is 11.3 Å². The van der Waals surface area contributed by atoms with Crippen molar-refractivity contribution in [2.24, 2.45) is 0 Å². The average molecular weight is 385 g/mol. The van der Waals surface area contributed by atoms with Crippen molar-refractivity contribution in [1.29, 1.82) is 5.26 Å². The van der Waals surface area contributed by atoms with Gasteiger partial charge in [0.15, 0.2) is 0 Å². The Bertz CT molecular complexity index is 1120. The normalized spacial score (nSPS) is 15.1. The van der Waals surface area contributed by atoms with Crippen molar-refractivity contribution < 1.29 is 14.3 Å². The highest BCUT2D eigenvalue weighted by Crippen LogP contribution is 2.41. The minimum atomic E-state index is -0.506. The van der Waals surface area contributed by atoms with E-state index < -0.39 is 6.17 Å². The molecule has 3 aromatic rings. The van der Waals surface area contributed by atoms with Crippen molar-refractivity contribution in [2.75, 3.05) is 24.4 Å². The largest absolute Gasteiger partial charge is 0.497 e. The van der Waals surface area contributed by atoms with E-state index in [1.165, 1.54) is 0 Å². The molecule has 0 saturated heterocycles. The molecule has 0 spiro atoms. The van der Waals surface area contributed by atoms with Crippen molar-refractivity contribution in [2.45, 2.75) is 6.17 Å². The Kier molecular flexibility index (Phi) is 4.80. The number of hydrogen-bond acceptors (Lipinski definition) is 5. The first-order chi connectivity index (χ1) is 14.2. The highest BCUT2D eigenvalue weighted by atomic mass is 16.5. The van der Waals surface area contributed by atoms with Crippen LogP contribution in [0.3, 0.4) is 0 Å². The number of carbonyl (C=O) groups excluding carboxylic acids is 1. The van der Waals surface area contributed by atoms with Crippen molar-refractivity contribution in [1.82, 2.24) is 0 Å². The highest BCUT2D eigenvalue weighted by molar-refractivity contribution is 6.12. The molecule has 6 nitrogen and oxygen atoms in total. The molecule has 1 heterocycles. The van der Waals surface area contributed by atoms with Crippen molar-refractivity contribution in [3.05, 3.63) is 83.4 Å². The van der Waals surface area contributed by atoms with Crippen LogP contribution in [0.25, 0.3) is 0 Å². The van der Waals surface area contributed by atoms with Crippen molar-refractivity contribution in [3.8, 4) is 17.6 Å². The number of ether oxygens (including phenoxy) is 2. The van der Waals surface area contributed by atoms with E-state index in [0.29, 0.717) is 28.3 Å². The first-order valence-corrected chi connectivity index (χ1v) is 9.07. The van der Waals surface area contributed by atoms with Gasteiger partial charge < -0.3 is 14.8 Å². The van der Waals surface area contributed by atoms with E-state index in [-0.39, 0.29) is 5.91 Å². The number of para-hydroxylation sites is 1. The second-order valence-electron chi connectivity index (χ2n) is 6.54. The molecule has 1 amide bonds. The maximum Gasteiger partial charge on any atom is 0.262 e. The zero-order chi connectivity index (χ0) is 20.4. The molecule has 1 aliphatic heterocycles. The summed E-state index contributed by atoms with van der Waals surface area (Å²) in [5, 5.41) is 12.7. The fraction of sp³-hybridized carbons (Fsp3) is 0.130. The van der Waals surface area contributed by atoms with Gasteiger partial charge in [0, 0.05) is 11.8 Å². The number of methoxy groups -OCH3 is 2. The minimum Gasteiger partial charge on any atom is -0.497 e. The molecule has 1 aliphatic rings. The van der Waals surface area contributed by atoms with Crippen LogP contribution in [0.2, 0.25) is 0 Å². The van der Waals surface area contributed by atoms with E-state index in [4.69, 9.17) is 9.47 Å². The number of anilines is 2. The van der Waals surface area contributed by atoms with E-state index in [1.54, 1.807) is 55.5 Å². The van der Waals surface area contributed by atoms with Gasteiger partial charge in [-0.2, -0.15) is 5.26 Å². The molecule has 0 fully saturated rings. The van der Waals surface area contributed by atoms with Crippen LogP contribution in [-0.4, -0.2) is 20.1 Å². The second kappa shape index (κ2) is 7.56. The Labute approximate surface area is 168 Å². The minimum absolute atomic E-state index is 0.157. The van der Waals surface area contributed by atoms with Gasteiger partial charge in [0.25, 0.3) is 5.91 Å². The van der Waals surface area contributed by atoms with Crippen LogP contribution in [0.15, 0.2) is 66.7 Å². The summed E-state index contributed by atoms with van der Waals surface area (Å²) in [7, 11) is 3.13. The fourth-order valence-corrected chi connectivity index (χ4v) is 3.50. The average Bonchev–Trinajstić information content (AvgIpc) is 2.78. The predicted octanol–water partition coefficient (Wildman–Crippen LogP) is 4.35. The Morgan fingerprint density at radius 3 is 2.59 bits per heavy atom. The van der Waals surface area contributed by atoms with E-state index in [0.717, 1.165) is 11.3 Å². The van der Waals surface area contributed by atoms with E-state index in [9.17, 15) is 10.1 Å². The zero-order valence-corrected chi connectivity index (χ0v) is 16.0. The summed E-state index contributed by atoms with van der Waals surface area (Å²) in [6, 6.07) is 22.1. The van der Waals surface area contributed by atoms with E-state index >= 15 is 0 Å². The lowest BCUT2D eigenvalue weighted by Gasteiger charge is -2.38. The molecule has 1 N–H and O–H groups in total. The summed E-state index contributed by atoms with van der Waals surface area (Å²) in [5.74, 6) is 0.988. The van der Waals surface area contributed by atoms with Gasteiger partial charge in [0.1, 0.15) is 17.7 Å². The molecule has 29 heavy (non-hydrogen) atoms. The Morgan fingerprint density at radius 2 is 1.83 bits per heavy atom. The highest BCUT2D eigenvalue weighted by Gasteiger charge is 2.35. The second-order valence-corrected chi connectivity index (χ2v) is 6.54. The van der Waals surface area contributed by atoms with Gasteiger partial charge in [-0.1, -0.05) is 24.3 Å². The first-order valence-electron chi connectivity index (χ1n) is 9.07. The molecule has 3 aromatic carbocycles. The van der Waals surface area contributed by atoms with Crippen LogP contribution >= 0.6 is 0 Å². The summed E-state index contributed by atoms with van der Waals surface area (Å²) in [5.41, 5.74) is 3.24. The van der Waals surface area contributed by atoms with Crippen molar-refractivity contribution >= 4 is 17.3 Å². The number of fused-ring (bicyclic) bond motifs is 1. The molecule has 0 saturated carbocycles. The number of carbonyl (C=O) groups is 1. The topological polar surface area (TPSA) is 74.6 Å². The molecule has 0 bridgehead atoms. The molecule has 0 aromatic heterocycles. The monoisotopic (exact) mass is 385 g/mol. The lowest BCUT2D eigenvalue weighted by molar-refractivity contribution is 0.0974. The third kappa shape index (κ3) is 3.23. The number of benzene rings is 3. The third-order valence-electron chi connectivity index (χ3n) is 4.90. The number of amides is 1. The van der Waals surface area contributed by atoms with Crippen LogP contribution in [0.1, 0.15) is 27.7 Å². The van der Waals surface area contributed by atoms with Crippen LogP contribution in [-0.2, 0) is 0 Å². The molecule has 4 rings (SSSR count). The number of hydrogen-bond donors (Lipinski definition) is 1. The Balaban J connectivity index is 1.90. The standard InChI is InChI=1S/C23H19N3O3/c1-28-17-10-11-20(21(13-17)29-2)26-22(16-7-5-6-15(12-16)14-24)25-19-9-4-3-8-18(19)23(26)27/h3-13,22,25H,1-2H3. The van der Waals surface area contributed by atoms with Crippen molar-refractivity contribution in [3.63, 3.8) is 0 Å². The summed E-state index contributed by atoms with van der Waals surface area (Å²) < 4.78 is 10.8. The Hall–Kier alpha value is -3.98. The predicted molar refractivity (Wildman–Crippen MR) is 110 cm³/mol. The van der Waals surface area contributed by atoms with Gasteiger partial charge in [-0.15, -0.1) is 0 Å². The molecule has 1 atom stereocenters. The maximum atomic E-state index is 13.5. The SMILES string of the molecule is COc1ccc(N2C(=O)c3ccccc3NC2c2cccc(C#N)c2)c(OC)c1. The van der Waals surface area contributed by atoms with Gasteiger partial charge in [-0.3, -0.25) is 9.69 Å². The molecule has 0 radical (unpaired) electrons. The lowest BCUT2D eigenvalue weighted by atomic mass is 10.0. The fourth-order valence-electron chi connectivity index (χ4n) is 3.50. The van der Waals surface area contributed by atoms with Crippen LogP contribution in [0.5, 0.6) is 11.5 Å². The number of rotatable bonds is 4. The third-order valence-corrected chi connectivity index (χ3v) is 4.90. The van der Waals surface area contributed by atoms with Gasteiger partial charge in [-0.05, 0) is 42.0 Å². The smallest absolute Gasteiger partial charge is 0.262 e.